The highest BCUT2D eigenvalue weighted by atomic mass is 15.1. The highest BCUT2D eigenvalue weighted by molar-refractivity contribution is 6.12. The standard InChI is InChI=1S/C40H32N8/c1-26(44-39(27-17-20-42-21-18-27)47-38(41)32-13-8-19-43-25-32)28-9-6-10-29(23-28)30-11-7-12-31(24-30)36-33-14-2-3-15-34(33)37-40(46-36)48-22-5-4-16-35(48)45-37/h2-10,12-24,30,43H,1,11,25H2,(H2,41,44,47). The molecule has 48 heavy (non-hydrogen) atoms. The Morgan fingerprint density at radius 1 is 0.917 bits per heavy atom. The van der Waals surface area contributed by atoms with Crippen molar-refractivity contribution in [3.05, 3.63) is 169 Å². The molecule has 1 unspecified atom stereocenters. The molecular weight excluding hydrogens is 592 g/mol. The van der Waals surface area contributed by atoms with Gasteiger partial charge in [-0.2, -0.15) is 0 Å². The third-order valence-electron chi connectivity index (χ3n) is 8.69. The van der Waals surface area contributed by atoms with Crippen LogP contribution >= 0.6 is 0 Å². The van der Waals surface area contributed by atoms with Crippen molar-refractivity contribution in [1.29, 1.82) is 0 Å². The van der Waals surface area contributed by atoms with Crippen LogP contribution in [0, 0.1) is 0 Å². The first-order valence-electron chi connectivity index (χ1n) is 15.9. The summed E-state index contributed by atoms with van der Waals surface area (Å²) in [5, 5.41) is 5.35. The molecule has 8 rings (SSSR count). The summed E-state index contributed by atoms with van der Waals surface area (Å²) in [5.74, 6) is 1.02. The molecule has 0 amide bonds. The summed E-state index contributed by atoms with van der Waals surface area (Å²) in [6, 6.07) is 26.6. The predicted octanol–water partition coefficient (Wildman–Crippen LogP) is 7.38. The number of fused-ring (bicyclic) bond motifs is 5. The molecule has 4 aromatic heterocycles. The Hall–Kier alpha value is -6.41. The van der Waals surface area contributed by atoms with E-state index in [9.17, 15) is 0 Å². The molecule has 1 aliphatic carbocycles. The Morgan fingerprint density at radius 2 is 1.77 bits per heavy atom. The number of benzene rings is 2. The first-order chi connectivity index (χ1) is 23.6. The number of nitrogens with one attached hydrogen (secondary N) is 1. The Balaban J connectivity index is 1.15. The van der Waals surface area contributed by atoms with Crippen molar-refractivity contribution in [2.24, 2.45) is 15.7 Å². The van der Waals surface area contributed by atoms with Gasteiger partial charge in [-0.05, 0) is 65.7 Å². The number of aliphatic imine (C=N–C) groups is 2. The van der Waals surface area contributed by atoms with E-state index in [4.69, 9.17) is 25.7 Å². The van der Waals surface area contributed by atoms with Gasteiger partial charge in [0.2, 0.25) is 0 Å². The Kier molecular flexibility index (Phi) is 7.51. The van der Waals surface area contributed by atoms with E-state index in [0.29, 0.717) is 23.9 Å². The molecule has 0 spiro atoms. The van der Waals surface area contributed by atoms with E-state index in [-0.39, 0.29) is 5.92 Å². The second-order valence-corrected chi connectivity index (χ2v) is 11.8. The number of rotatable bonds is 6. The molecule has 0 saturated heterocycles. The molecule has 0 fully saturated rings. The summed E-state index contributed by atoms with van der Waals surface area (Å²) in [5.41, 5.74) is 15.5. The van der Waals surface area contributed by atoms with Crippen LogP contribution in [-0.4, -0.2) is 37.6 Å². The van der Waals surface area contributed by atoms with E-state index in [1.165, 1.54) is 5.56 Å². The van der Waals surface area contributed by atoms with Crippen LogP contribution in [0.3, 0.4) is 0 Å². The van der Waals surface area contributed by atoms with Crippen molar-refractivity contribution >= 4 is 50.5 Å². The summed E-state index contributed by atoms with van der Waals surface area (Å²) in [7, 11) is 0. The zero-order valence-corrected chi connectivity index (χ0v) is 26.2. The highest BCUT2D eigenvalue weighted by Crippen LogP contribution is 2.36. The molecule has 3 N–H and O–H groups in total. The number of nitrogens with two attached hydrogens (primary N) is 1. The fourth-order valence-electron chi connectivity index (χ4n) is 6.24. The lowest BCUT2D eigenvalue weighted by molar-refractivity contribution is 0.856. The first-order valence-corrected chi connectivity index (χ1v) is 15.9. The fraction of sp³-hybridized carbons (Fsp3) is 0.0750. The number of pyridine rings is 3. The van der Waals surface area contributed by atoms with Crippen LogP contribution in [0.4, 0.5) is 0 Å². The van der Waals surface area contributed by atoms with E-state index in [0.717, 1.165) is 62.0 Å². The van der Waals surface area contributed by atoms with Crippen LogP contribution < -0.4 is 11.1 Å². The number of amidine groups is 2. The van der Waals surface area contributed by atoms with Gasteiger partial charge >= 0.3 is 0 Å². The second-order valence-electron chi connectivity index (χ2n) is 11.8. The minimum Gasteiger partial charge on any atom is -0.387 e. The van der Waals surface area contributed by atoms with E-state index in [1.54, 1.807) is 12.4 Å². The normalized spacial score (nSPS) is 16.6. The Labute approximate surface area is 277 Å². The minimum atomic E-state index is 0.146. The minimum absolute atomic E-state index is 0.146. The van der Waals surface area contributed by atoms with Crippen molar-refractivity contribution in [1.82, 2.24) is 24.7 Å². The summed E-state index contributed by atoms with van der Waals surface area (Å²) in [4.78, 5) is 23.9. The maximum Gasteiger partial charge on any atom is 0.165 e. The number of aromatic nitrogens is 4. The van der Waals surface area contributed by atoms with Crippen LogP contribution in [0.1, 0.15) is 34.7 Å². The molecule has 8 nitrogen and oxygen atoms in total. The van der Waals surface area contributed by atoms with Crippen molar-refractivity contribution in [2.45, 2.75) is 12.3 Å². The molecule has 2 aliphatic rings. The Bertz CT molecular complexity index is 2410. The van der Waals surface area contributed by atoms with Crippen molar-refractivity contribution in [3.8, 4) is 0 Å². The third-order valence-corrected chi connectivity index (χ3v) is 8.69. The maximum absolute atomic E-state index is 6.43. The van der Waals surface area contributed by atoms with Crippen LogP contribution in [-0.2, 0) is 0 Å². The van der Waals surface area contributed by atoms with Gasteiger partial charge in [-0.15, -0.1) is 0 Å². The van der Waals surface area contributed by atoms with E-state index in [1.807, 2.05) is 60.9 Å². The van der Waals surface area contributed by atoms with Gasteiger partial charge in [-0.3, -0.25) is 9.38 Å². The van der Waals surface area contributed by atoms with Gasteiger partial charge in [0.15, 0.2) is 11.5 Å². The van der Waals surface area contributed by atoms with Gasteiger partial charge in [0, 0.05) is 53.0 Å². The van der Waals surface area contributed by atoms with E-state index in [2.05, 4.69) is 82.0 Å². The first kappa shape index (κ1) is 29.0. The van der Waals surface area contributed by atoms with Crippen LogP contribution in [0.2, 0.25) is 0 Å². The lowest BCUT2D eigenvalue weighted by atomic mass is 9.87. The molecule has 0 saturated carbocycles. The average molecular weight is 625 g/mol. The van der Waals surface area contributed by atoms with E-state index >= 15 is 0 Å². The van der Waals surface area contributed by atoms with Gasteiger partial charge < -0.3 is 11.1 Å². The lowest BCUT2D eigenvalue weighted by Crippen LogP contribution is -2.25. The average Bonchev–Trinajstić information content (AvgIpc) is 3.54. The van der Waals surface area contributed by atoms with Crippen LogP contribution in [0.5, 0.6) is 0 Å². The molecule has 1 aliphatic heterocycles. The molecule has 0 radical (unpaired) electrons. The molecule has 8 heteroatoms. The second kappa shape index (κ2) is 12.4. The largest absolute Gasteiger partial charge is 0.387 e. The fourth-order valence-corrected chi connectivity index (χ4v) is 6.24. The smallest absolute Gasteiger partial charge is 0.165 e. The van der Waals surface area contributed by atoms with E-state index < -0.39 is 0 Å². The SMILES string of the molecule is C=C(/N=C(\N=C(/N)C1=CC=CNC1)c1ccncc1)c1cccc(C2C=C(c3nc4c(nc5ccccn54)c4ccccc34)C=CC2)c1. The third kappa shape index (κ3) is 5.49. The quantitative estimate of drug-likeness (QED) is 0.149. The molecule has 6 aromatic rings. The molecular formula is C40H32N8. The predicted molar refractivity (Wildman–Crippen MR) is 196 cm³/mol. The number of hydrogen-bond donors (Lipinski definition) is 2. The summed E-state index contributed by atoms with van der Waals surface area (Å²) >= 11 is 0. The van der Waals surface area contributed by atoms with Crippen molar-refractivity contribution in [3.63, 3.8) is 0 Å². The Morgan fingerprint density at radius 3 is 2.62 bits per heavy atom. The summed E-state index contributed by atoms with van der Waals surface area (Å²) in [6.07, 6.45) is 18.8. The summed E-state index contributed by atoms with van der Waals surface area (Å²) < 4.78 is 2.06. The molecule has 5 heterocycles. The van der Waals surface area contributed by atoms with Crippen molar-refractivity contribution in [2.75, 3.05) is 6.54 Å². The zero-order valence-electron chi connectivity index (χ0n) is 26.2. The number of allylic oxidation sites excluding steroid dienone is 6. The number of hydrogen-bond acceptors (Lipinski definition) is 5. The van der Waals surface area contributed by atoms with Gasteiger partial charge in [0.1, 0.15) is 17.0 Å². The number of nitrogens with zero attached hydrogens (tertiary/aromatic N) is 6. The summed E-state index contributed by atoms with van der Waals surface area (Å²) in [6.45, 7) is 4.94. The monoisotopic (exact) mass is 624 g/mol. The molecule has 0 bridgehead atoms. The van der Waals surface area contributed by atoms with Crippen molar-refractivity contribution < 1.29 is 0 Å². The zero-order chi connectivity index (χ0) is 32.5. The molecule has 232 valence electrons. The maximum atomic E-state index is 6.43. The van der Waals surface area contributed by atoms with Gasteiger partial charge in [0.25, 0.3) is 0 Å². The van der Waals surface area contributed by atoms with Gasteiger partial charge in [-0.25, -0.2) is 20.0 Å². The van der Waals surface area contributed by atoms with Crippen LogP contribution in [0.15, 0.2) is 156 Å². The topological polar surface area (TPSA) is 106 Å². The lowest BCUT2D eigenvalue weighted by Gasteiger charge is -2.19. The van der Waals surface area contributed by atoms with Gasteiger partial charge in [0.05, 0.1) is 11.4 Å². The van der Waals surface area contributed by atoms with Crippen LogP contribution in [0.25, 0.3) is 38.9 Å². The molecule has 2 aromatic carbocycles. The highest BCUT2D eigenvalue weighted by Gasteiger charge is 2.19. The molecule has 1 atom stereocenters. The van der Waals surface area contributed by atoms with Gasteiger partial charge in [-0.1, -0.05) is 79.4 Å². The number of imidazole rings is 1. The number of dihydropyridines is 1.